The molecule has 200 valence electrons. The Kier molecular flexibility index (Phi) is 8.27. The Bertz CT molecular complexity index is 1530. The third-order valence-electron chi connectivity index (χ3n) is 5.78. The largest absolute Gasteiger partial charge is 0.481 e. The van der Waals surface area contributed by atoms with Crippen LogP contribution in [0.1, 0.15) is 17.5 Å². The van der Waals surface area contributed by atoms with Crippen LogP contribution in [0.5, 0.6) is 0 Å². The summed E-state index contributed by atoms with van der Waals surface area (Å²) in [4.78, 5) is 54.5. The lowest BCUT2D eigenvalue weighted by Gasteiger charge is -2.25. The molecule has 1 aliphatic rings. The summed E-state index contributed by atoms with van der Waals surface area (Å²) >= 11 is 0. The van der Waals surface area contributed by atoms with Gasteiger partial charge in [0.15, 0.2) is 6.17 Å². The summed E-state index contributed by atoms with van der Waals surface area (Å²) in [6.45, 7) is -0.624. The predicted octanol–water partition coefficient (Wildman–Crippen LogP) is 1.33. The van der Waals surface area contributed by atoms with Gasteiger partial charge in [0.1, 0.15) is 12.8 Å². The number of sulfonamides is 1. The molecule has 3 aromatic carbocycles. The highest BCUT2D eigenvalue weighted by molar-refractivity contribution is 7.89. The average Bonchev–Trinajstić information content (AvgIpc) is 3.04. The number of amides is 2. The summed E-state index contributed by atoms with van der Waals surface area (Å²) in [6, 6.07) is 21.6. The molecule has 0 saturated carbocycles. The van der Waals surface area contributed by atoms with Crippen molar-refractivity contribution in [3.8, 4) is 0 Å². The van der Waals surface area contributed by atoms with Gasteiger partial charge in [-0.2, -0.15) is 4.72 Å². The number of carbonyl (C=O) groups excluding carboxylic acids is 3. The van der Waals surface area contributed by atoms with E-state index >= 15 is 0 Å². The molecule has 2 amide bonds. The number of hydrogen-bond donors (Lipinski definition) is 3. The summed E-state index contributed by atoms with van der Waals surface area (Å²) in [7, 11) is -4.21. The van der Waals surface area contributed by atoms with Gasteiger partial charge in [0.25, 0.3) is 5.91 Å². The van der Waals surface area contributed by atoms with Crippen molar-refractivity contribution >= 4 is 45.5 Å². The predicted molar refractivity (Wildman–Crippen MR) is 142 cm³/mol. The van der Waals surface area contributed by atoms with Gasteiger partial charge in [-0.05, 0) is 18.2 Å². The number of hydrogen-bond acceptors (Lipinski definition) is 7. The molecule has 0 bridgehead atoms. The van der Waals surface area contributed by atoms with Crippen LogP contribution in [0.2, 0.25) is 0 Å². The molecular formula is C27H24N4O7S. The van der Waals surface area contributed by atoms with Crippen LogP contribution in [0.25, 0.3) is 0 Å². The van der Waals surface area contributed by atoms with Crippen molar-refractivity contribution < 1.29 is 32.7 Å². The lowest BCUT2D eigenvalue weighted by molar-refractivity contribution is -0.138. The van der Waals surface area contributed by atoms with Crippen molar-refractivity contribution in [2.45, 2.75) is 23.5 Å². The number of rotatable bonds is 10. The molecule has 4 rings (SSSR count). The van der Waals surface area contributed by atoms with E-state index in [9.17, 15) is 27.6 Å². The maximum atomic E-state index is 13.8. The lowest BCUT2D eigenvalue weighted by Crippen LogP contribution is -2.51. The minimum atomic E-state index is -4.21. The monoisotopic (exact) mass is 548 g/mol. The molecule has 2 unspecified atom stereocenters. The number of benzene rings is 3. The summed E-state index contributed by atoms with van der Waals surface area (Å²) < 4.78 is 28.7. The number of anilines is 1. The number of aldehydes is 1. The Balaban J connectivity index is 1.77. The van der Waals surface area contributed by atoms with Gasteiger partial charge in [-0.25, -0.2) is 8.42 Å². The fourth-order valence-corrected chi connectivity index (χ4v) is 5.13. The number of aliphatic carboxylic acids is 1. The van der Waals surface area contributed by atoms with E-state index in [-0.39, 0.29) is 16.9 Å². The fraction of sp³-hybridized carbons (Fsp3) is 0.148. The molecular weight excluding hydrogens is 524 g/mol. The fourth-order valence-electron chi connectivity index (χ4n) is 4.03. The molecule has 0 aliphatic carbocycles. The van der Waals surface area contributed by atoms with E-state index in [0.717, 1.165) is 4.90 Å². The van der Waals surface area contributed by atoms with E-state index in [0.29, 0.717) is 16.8 Å². The first kappa shape index (κ1) is 27.4. The highest BCUT2D eigenvalue weighted by atomic mass is 32.2. The minimum absolute atomic E-state index is 0.0807. The molecule has 39 heavy (non-hydrogen) atoms. The Morgan fingerprint density at radius 3 is 2.23 bits per heavy atom. The zero-order valence-corrected chi connectivity index (χ0v) is 21.2. The number of carboxylic acid groups (broad SMARTS) is 1. The first-order valence-electron chi connectivity index (χ1n) is 11.8. The lowest BCUT2D eigenvalue weighted by atomic mass is 10.0. The van der Waals surface area contributed by atoms with Gasteiger partial charge in [0, 0.05) is 11.1 Å². The third-order valence-corrected chi connectivity index (χ3v) is 7.21. The highest BCUT2D eigenvalue weighted by Crippen LogP contribution is 2.28. The van der Waals surface area contributed by atoms with E-state index in [1.54, 1.807) is 60.7 Å². The highest BCUT2D eigenvalue weighted by Gasteiger charge is 2.36. The van der Waals surface area contributed by atoms with E-state index in [1.807, 2.05) is 0 Å². The van der Waals surface area contributed by atoms with Crippen LogP contribution in [-0.4, -0.2) is 62.1 Å². The number of carboxylic acids is 1. The topological polar surface area (TPSA) is 162 Å². The van der Waals surface area contributed by atoms with Gasteiger partial charge >= 0.3 is 5.97 Å². The number of nitrogens with one attached hydrogen (secondary N) is 2. The number of para-hydroxylation sites is 1. The van der Waals surface area contributed by atoms with Gasteiger partial charge < -0.3 is 15.2 Å². The van der Waals surface area contributed by atoms with Gasteiger partial charge in [-0.3, -0.25) is 24.3 Å². The number of benzodiazepines with no additional fused rings is 1. The van der Waals surface area contributed by atoms with Gasteiger partial charge in [0.2, 0.25) is 15.9 Å². The molecule has 2 atom stereocenters. The van der Waals surface area contributed by atoms with Crippen LogP contribution in [0.15, 0.2) is 94.8 Å². The normalized spacial score (nSPS) is 15.9. The van der Waals surface area contributed by atoms with E-state index in [4.69, 9.17) is 5.11 Å². The molecule has 0 saturated heterocycles. The number of fused-ring (bicyclic) bond motifs is 1. The number of carbonyl (C=O) groups is 4. The van der Waals surface area contributed by atoms with Crippen molar-refractivity contribution in [3.05, 3.63) is 96.1 Å². The van der Waals surface area contributed by atoms with Crippen molar-refractivity contribution in [2.75, 3.05) is 11.4 Å². The zero-order chi connectivity index (χ0) is 28.0. The second-order valence-corrected chi connectivity index (χ2v) is 10.2. The first-order chi connectivity index (χ1) is 18.7. The van der Waals surface area contributed by atoms with E-state index in [1.165, 1.54) is 24.3 Å². The van der Waals surface area contributed by atoms with Gasteiger partial charge in [-0.1, -0.05) is 66.7 Å². The molecule has 1 heterocycles. The van der Waals surface area contributed by atoms with Crippen LogP contribution < -0.4 is 14.9 Å². The number of nitrogens with zero attached hydrogens (tertiary/aromatic N) is 2. The number of aliphatic imine (C=N–C) groups is 1. The van der Waals surface area contributed by atoms with E-state index in [2.05, 4.69) is 15.0 Å². The summed E-state index contributed by atoms with van der Waals surface area (Å²) in [6.07, 6.45) is -2.00. The van der Waals surface area contributed by atoms with Gasteiger partial charge in [-0.15, -0.1) is 0 Å². The SMILES string of the molecule is O=CC(CC(=O)O)NC(=O)CN1C(=O)C(NS(=O)(=O)c2ccccc2)N=C(c2ccccc2)c2ccccc21. The smallest absolute Gasteiger partial charge is 0.305 e. The first-order valence-corrected chi connectivity index (χ1v) is 13.3. The molecule has 0 aromatic heterocycles. The van der Waals surface area contributed by atoms with Crippen molar-refractivity contribution in [3.63, 3.8) is 0 Å². The summed E-state index contributed by atoms with van der Waals surface area (Å²) in [5.74, 6) is -2.95. The molecule has 1 aliphatic heterocycles. The van der Waals surface area contributed by atoms with Crippen molar-refractivity contribution in [2.24, 2.45) is 4.99 Å². The summed E-state index contributed by atoms with van der Waals surface area (Å²) in [5, 5.41) is 11.3. The molecule has 0 radical (unpaired) electrons. The second-order valence-electron chi connectivity index (χ2n) is 8.53. The minimum Gasteiger partial charge on any atom is -0.481 e. The van der Waals surface area contributed by atoms with Crippen LogP contribution >= 0.6 is 0 Å². The van der Waals surface area contributed by atoms with Crippen LogP contribution in [0.4, 0.5) is 5.69 Å². The Labute approximate surface area is 224 Å². The van der Waals surface area contributed by atoms with Crippen molar-refractivity contribution in [1.29, 1.82) is 0 Å². The quantitative estimate of drug-likeness (QED) is 0.322. The Morgan fingerprint density at radius 1 is 0.974 bits per heavy atom. The standard InChI is InChI=1S/C27H24N4O7S/c32-17-19(15-24(34)35)28-23(33)16-31-22-14-8-7-13-21(22)25(18-9-3-1-4-10-18)29-26(27(31)36)30-39(37,38)20-11-5-2-6-12-20/h1-14,17,19,26,30H,15-16H2,(H,28,33)(H,34,35). The molecule has 3 N–H and O–H groups in total. The second kappa shape index (κ2) is 11.8. The maximum absolute atomic E-state index is 13.8. The zero-order valence-electron chi connectivity index (χ0n) is 20.4. The summed E-state index contributed by atoms with van der Waals surface area (Å²) in [5.41, 5.74) is 1.67. The third kappa shape index (κ3) is 6.43. The molecule has 11 nitrogen and oxygen atoms in total. The molecule has 0 fully saturated rings. The molecule has 0 spiro atoms. The van der Waals surface area contributed by atoms with Crippen LogP contribution in [-0.2, 0) is 29.2 Å². The van der Waals surface area contributed by atoms with Crippen LogP contribution in [0.3, 0.4) is 0 Å². The molecule has 12 heteroatoms. The Morgan fingerprint density at radius 2 is 1.59 bits per heavy atom. The maximum Gasteiger partial charge on any atom is 0.305 e. The molecule has 3 aromatic rings. The van der Waals surface area contributed by atoms with E-state index < -0.39 is 53.0 Å². The van der Waals surface area contributed by atoms with Crippen LogP contribution in [0, 0.1) is 0 Å². The van der Waals surface area contributed by atoms with Gasteiger partial charge in [0.05, 0.1) is 28.8 Å². The Hall–Kier alpha value is -4.68. The van der Waals surface area contributed by atoms with Crippen molar-refractivity contribution in [1.82, 2.24) is 10.0 Å². The average molecular weight is 549 g/mol.